The van der Waals surface area contributed by atoms with Gasteiger partial charge in [-0.3, -0.25) is 9.89 Å². The summed E-state index contributed by atoms with van der Waals surface area (Å²) in [7, 11) is 0. The number of aromatic amines is 1. The standard InChI is InChI=1S/C12H13N7O/c1-3-8-6-9(17-16-8)14-11(20)10-15-12-13-5-4-7(2)19(12)18-10/h4-6H,3H2,1-2H3,(H2,14,16,17,20). The monoisotopic (exact) mass is 271 g/mol. The van der Waals surface area contributed by atoms with Gasteiger partial charge in [0.1, 0.15) is 0 Å². The lowest BCUT2D eigenvalue weighted by atomic mass is 10.3. The molecule has 3 aromatic heterocycles. The summed E-state index contributed by atoms with van der Waals surface area (Å²) in [6.45, 7) is 3.86. The average Bonchev–Trinajstić information content (AvgIpc) is 3.05. The summed E-state index contributed by atoms with van der Waals surface area (Å²) in [6, 6.07) is 3.57. The van der Waals surface area contributed by atoms with Crippen LogP contribution in [0.1, 0.15) is 28.9 Å². The van der Waals surface area contributed by atoms with Crippen molar-refractivity contribution < 1.29 is 4.79 Å². The number of aryl methyl sites for hydroxylation is 2. The molecule has 0 radical (unpaired) electrons. The Bertz CT molecular complexity index is 773. The number of nitrogens with one attached hydrogen (secondary N) is 2. The fraction of sp³-hybridized carbons (Fsp3) is 0.250. The highest BCUT2D eigenvalue weighted by molar-refractivity contribution is 6.01. The van der Waals surface area contributed by atoms with Gasteiger partial charge < -0.3 is 5.32 Å². The van der Waals surface area contributed by atoms with E-state index in [-0.39, 0.29) is 5.82 Å². The molecule has 0 aliphatic carbocycles. The van der Waals surface area contributed by atoms with Crippen LogP contribution in [-0.4, -0.2) is 35.7 Å². The minimum absolute atomic E-state index is 0.0628. The molecule has 8 heteroatoms. The molecular weight excluding hydrogens is 258 g/mol. The Balaban J connectivity index is 1.86. The van der Waals surface area contributed by atoms with Gasteiger partial charge in [0.2, 0.25) is 5.82 Å². The Hall–Kier alpha value is -2.77. The van der Waals surface area contributed by atoms with E-state index >= 15 is 0 Å². The molecule has 3 aromatic rings. The lowest BCUT2D eigenvalue weighted by Gasteiger charge is -1.95. The normalized spacial score (nSPS) is 10.9. The highest BCUT2D eigenvalue weighted by atomic mass is 16.2. The highest BCUT2D eigenvalue weighted by Crippen LogP contribution is 2.08. The molecule has 2 N–H and O–H groups in total. The summed E-state index contributed by atoms with van der Waals surface area (Å²) < 4.78 is 1.52. The van der Waals surface area contributed by atoms with Crippen LogP contribution in [0.2, 0.25) is 0 Å². The zero-order valence-electron chi connectivity index (χ0n) is 11.1. The molecule has 3 rings (SSSR count). The molecule has 0 saturated carbocycles. The van der Waals surface area contributed by atoms with E-state index in [2.05, 4.69) is 30.6 Å². The molecule has 0 unspecified atom stereocenters. The first-order valence-corrected chi connectivity index (χ1v) is 6.21. The third-order valence-electron chi connectivity index (χ3n) is 2.89. The Labute approximate surface area is 114 Å². The van der Waals surface area contributed by atoms with E-state index in [1.54, 1.807) is 18.3 Å². The zero-order valence-corrected chi connectivity index (χ0v) is 11.1. The fourth-order valence-corrected chi connectivity index (χ4v) is 1.78. The summed E-state index contributed by atoms with van der Waals surface area (Å²) in [5, 5.41) is 13.6. The quantitative estimate of drug-likeness (QED) is 0.739. The molecule has 0 atom stereocenters. The Kier molecular flexibility index (Phi) is 2.90. The maximum Gasteiger partial charge on any atom is 0.296 e. The number of aromatic nitrogens is 6. The number of carbonyl (C=O) groups excluding carboxylic acids is 1. The second kappa shape index (κ2) is 4.72. The van der Waals surface area contributed by atoms with E-state index in [4.69, 9.17) is 0 Å². The lowest BCUT2D eigenvalue weighted by molar-refractivity contribution is 0.101. The molecule has 20 heavy (non-hydrogen) atoms. The van der Waals surface area contributed by atoms with Crippen LogP contribution in [0.3, 0.4) is 0 Å². The number of hydrogen-bond acceptors (Lipinski definition) is 5. The van der Waals surface area contributed by atoms with E-state index in [9.17, 15) is 4.79 Å². The van der Waals surface area contributed by atoms with E-state index < -0.39 is 5.91 Å². The Morgan fingerprint density at radius 1 is 1.50 bits per heavy atom. The molecule has 0 fully saturated rings. The predicted octanol–water partition coefficient (Wildman–Crippen LogP) is 0.971. The number of carbonyl (C=O) groups is 1. The molecule has 1 amide bonds. The second-order valence-corrected chi connectivity index (χ2v) is 4.32. The number of rotatable bonds is 3. The van der Waals surface area contributed by atoms with Gasteiger partial charge >= 0.3 is 0 Å². The molecule has 0 aliphatic rings. The molecule has 0 aliphatic heterocycles. The van der Waals surface area contributed by atoms with Gasteiger partial charge in [-0.1, -0.05) is 6.92 Å². The van der Waals surface area contributed by atoms with Gasteiger partial charge in [-0.05, 0) is 19.4 Å². The first-order valence-electron chi connectivity index (χ1n) is 6.21. The summed E-state index contributed by atoms with van der Waals surface area (Å²) in [4.78, 5) is 20.2. The van der Waals surface area contributed by atoms with Crippen molar-refractivity contribution in [2.45, 2.75) is 20.3 Å². The van der Waals surface area contributed by atoms with Crippen molar-refractivity contribution in [1.82, 2.24) is 29.8 Å². The van der Waals surface area contributed by atoms with Crippen LogP contribution in [-0.2, 0) is 6.42 Å². The number of nitrogens with zero attached hydrogens (tertiary/aromatic N) is 5. The number of H-pyrrole nitrogens is 1. The highest BCUT2D eigenvalue weighted by Gasteiger charge is 2.15. The number of anilines is 1. The van der Waals surface area contributed by atoms with Crippen molar-refractivity contribution in [2.75, 3.05) is 5.32 Å². The molecule has 0 bridgehead atoms. The van der Waals surface area contributed by atoms with Crippen LogP contribution in [0.5, 0.6) is 0 Å². The maximum atomic E-state index is 12.1. The van der Waals surface area contributed by atoms with Crippen molar-refractivity contribution in [3.8, 4) is 0 Å². The largest absolute Gasteiger partial charge is 0.302 e. The molecular formula is C12H13N7O. The average molecular weight is 271 g/mol. The van der Waals surface area contributed by atoms with Crippen molar-refractivity contribution in [3.63, 3.8) is 0 Å². The van der Waals surface area contributed by atoms with Gasteiger partial charge in [0, 0.05) is 23.7 Å². The summed E-state index contributed by atoms with van der Waals surface area (Å²) in [6.07, 6.45) is 2.45. The molecule has 0 aromatic carbocycles. The predicted molar refractivity (Wildman–Crippen MR) is 71.4 cm³/mol. The lowest BCUT2D eigenvalue weighted by Crippen LogP contribution is -2.14. The van der Waals surface area contributed by atoms with Crippen LogP contribution < -0.4 is 5.32 Å². The fourth-order valence-electron chi connectivity index (χ4n) is 1.78. The maximum absolute atomic E-state index is 12.1. The third kappa shape index (κ3) is 2.11. The van der Waals surface area contributed by atoms with Crippen molar-refractivity contribution >= 4 is 17.5 Å². The summed E-state index contributed by atoms with van der Waals surface area (Å²) in [5.41, 5.74) is 1.80. The van der Waals surface area contributed by atoms with Gasteiger partial charge in [0.15, 0.2) is 5.82 Å². The van der Waals surface area contributed by atoms with E-state index in [1.807, 2.05) is 13.8 Å². The van der Waals surface area contributed by atoms with Crippen LogP contribution in [0.25, 0.3) is 5.78 Å². The van der Waals surface area contributed by atoms with Crippen molar-refractivity contribution in [3.05, 3.63) is 35.5 Å². The number of hydrogen-bond donors (Lipinski definition) is 2. The molecule has 102 valence electrons. The van der Waals surface area contributed by atoms with Crippen LogP contribution in [0, 0.1) is 6.92 Å². The first-order chi connectivity index (χ1) is 9.67. The zero-order chi connectivity index (χ0) is 14.1. The summed E-state index contributed by atoms with van der Waals surface area (Å²) >= 11 is 0. The second-order valence-electron chi connectivity index (χ2n) is 4.32. The van der Waals surface area contributed by atoms with Crippen molar-refractivity contribution in [1.29, 1.82) is 0 Å². The minimum atomic E-state index is -0.413. The molecule has 0 saturated heterocycles. The minimum Gasteiger partial charge on any atom is -0.302 e. The number of amides is 1. The topological polar surface area (TPSA) is 101 Å². The van der Waals surface area contributed by atoms with E-state index in [1.165, 1.54) is 4.52 Å². The smallest absolute Gasteiger partial charge is 0.296 e. The Morgan fingerprint density at radius 2 is 2.35 bits per heavy atom. The van der Waals surface area contributed by atoms with Crippen LogP contribution in [0.15, 0.2) is 18.3 Å². The van der Waals surface area contributed by atoms with Crippen molar-refractivity contribution in [2.24, 2.45) is 0 Å². The molecule has 3 heterocycles. The van der Waals surface area contributed by atoms with Gasteiger partial charge in [-0.2, -0.15) is 10.1 Å². The SMILES string of the molecule is CCc1cc(NC(=O)c2nc3nccc(C)n3n2)n[nH]1. The third-order valence-corrected chi connectivity index (χ3v) is 2.89. The number of fused-ring (bicyclic) bond motifs is 1. The van der Waals surface area contributed by atoms with Gasteiger partial charge in [-0.25, -0.2) is 9.50 Å². The first kappa shape index (κ1) is 12.3. The summed E-state index contributed by atoms with van der Waals surface area (Å²) in [5.74, 6) is 0.499. The van der Waals surface area contributed by atoms with Crippen LogP contribution >= 0.6 is 0 Å². The Morgan fingerprint density at radius 3 is 3.05 bits per heavy atom. The van der Waals surface area contributed by atoms with Gasteiger partial charge in [-0.15, -0.1) is 5.10 Å². The van der Waals surface area contributed by atoms with Gasteiger partial charge in [0.25, 0.3) is 11.7 Å². The van der Waals surface area contributed by atoms with Gasteiger partial charge in [0.05, 0.1) is 0 Å². The van der Waals surface area contributed by atoms with E-state index in [0.29, 0.717) is 11.6 Å². The molecule has 0 spiro atoms. The van der Waals surface area contributed by atoms with E-state index in [0.717, 1.165) is 17.8 Å². The molecule has 8 nitrogen and oxygen atoms in total. The van der Waals surface area contributed by atoms with Crippen LogP contribution in [0.4, 0.5) is 5.82 Å².